The van der Waals surface area contributed by atoms with E-state index in [1.165, 1.54) is 57.8 Å². The van der Waals surface area contributed by atoms with Gasteiger partial charge in [-0.25, -0.2) is 0 Å². The molecule has 122 valence electrons. The van der Waals surface area contributed by atoms with Gasteiger partial charge in [0, 0.05) is 13.2 Å². The van der Waals surface area contributed by atoms with Gasteiger partial charge in [0.15, 0.2) is 0 Å². The molecular weight excluding hydrogens is 246 g/mol. The van der Waals surface area contributed by atoms with Crippen molar-refractivity contribution < 1.29 is 4.74 Å². The SMILES string of the molecule is CC(C)CCCCCCCCCCOCCCN(C)C. The zero-order chi connectivity index (χ0) is 15.1. The van der Waals surface area contributed by atoms with E-state index in [4.69, 9.17) is 4.74 Å². The molecule has 0 saturated heterocycles. The fraction of sp³-hybridized carbons (Fsp3) is 1.00. The van der Waals surface area contributed by atoms with E-state index >= 15 is 0 Å². The minimum absolute atomic E-state index is 0.882. The second kappa shape index (κ2) is 15.3. The molecule has 0 rings (SSSR count). The van der Waals surface area contributed by atoms with Crippen molar-refractivity contribution in [2.75, 3.05) is 33.9 Å². The lowest BCUT2D eigenvalue weighted by Gasteiger charge is -2.09. The summed E-state index contributed by atoms with van der Waals surface area (Å²) < 4.78 is 5.64. The van der Waals surface area contributed by atoms with Crippen molar-refractivity contribution in [2.45, 2.75) is 78.1 Å². The van der Waals surface area contributed by atoms with Gasteiger partial charge in [-0.15, -0.1) is 0 Å². The average Bonchev–Trinajstić information content (AvgIpc) is 2.38. The summed E-state index contributed by atoms with van der Waals surface area (Å²) in [5, 5.41) is 0. The van der Waals surface area contributed by atoms with Crippen molar-refractivity contribution in [2.24, 2.45) is 5.92 Å². The molecule has 0 aromatic heterocycles. The van der Waals surface area contributed by atoms with Gasteiger partial charge in [0.1, 0.15) is 0 Å². The first-order valence-corrected chi connectivity index (χ1v) is 8.85. The van der Waals surface area contributed by atoms with Gasteiger partial charge >= 0.3 is 0 Å². The fourth-order valence-electron chi connectivity index (χ4n) is 2.40. The van der Waals surface area contributed by atoms with Crippen LogP contribution in [0.5, 0.6) is 0 Å². The predicted molar refractivity (Wildman–Crippen MR) is 90.4 cm³/mol. The third-order valence-corrected chi connectivity index (χ3v) is 3.71. The van der Waals surface area contributed by atoms with Crippen LogP contribution in [-0.2, 0) is 4.74 Å². The van der Waals surface area contributed by atoms with Crippen LogP contribution in [0.4, 0.5) is 0 Å². The summed E-state index contributed by atoms with van der Waals surface area (Å²) in [5.74, 6) is 0.882. The Kier molecular flexibility index (Phi) is 15.3. The highest BCUT2D eigenvalue weighted by Gasteiger charge is 1.96. The Morgan fingerprint density at radius 2 is 1.20 bits per heavy atom. The first-order valence-electron chi connectivity index (χ1n) is 8.85. The molecule has 0 N–H and O–H groups in total. The molecule has 0 amide bonds. The normalized spacial score (nSPS) is 11.7. The van der Waals surface area contributed by atoms with Crippen LogP contribution in [0.15, 0.2) is 0 Å². The Morgan fingerprint density at radius 3 is 1.75 bits per heavy atom. The molecule has 0 bridgehead atoms. The second-order valence-electron chi connectivity index (χ2n) is 6.78. The molecule has 0 aromatic rings. The molecule has 0 aromatic carbocycles. The third kappa shape index (κ3) is 17.9. The first kappa shape index (κ1) is 19.9. The molecule has 0 radical (unpaired) electrons. The average molecular weight is 286 g/mol. The zero-order valence-corrected chi connectivity index (χ0v) is 14.6. The summed E-state index contributed by atoms with van der Waals surface area (Å²) in [6.45, 7) is 7.66. The van der Waals surface area contributed by atoms with Gasteiger partial charge in [-0.2, -0.15) is 0 Å². The first-order chi connectivity index (χ1) is 9.63. The largest absolute Gasteiger partial charge is 0.381 e. The van der Waals surface area contributed by atoms with Gasteiger partial charge in [-0.05, 0) is 39.4 Å². The molecule has 2 nitrogen and oxygen atoms in total. The van der Waals surface area contributed by atoms with Crippen LogP contribution in [0.3, 0.4) is 0 Å². The summed E-state index contributed by atoms with van der Waals surface area (Å²) >= 11 is 0. The highest BCUT2D eigenvalue weighted by atomic mass is 16.5. The van der Waals surface area contributed by atoms with E-state index in [2.05, 4.69) is 32.8 Å². The van der Waals surface area contributed by atoms with E-state index in [9.17, 15) is 0 Å². The lowest BCUT2D eigenvalue weighted by atomic mass is 10.0. The van der Waals surface area contributed by atoms with Crippen LogP contribution in [0.25, 0.3) is 0 Å². The Morgan fingerprint density at radius 1 is 0.700 bits per heavy atom. The molecular formula is C18H39NO. The van der Waals surface area contributed by atoms with Crippen LogP contribution in [0.2, 0.25) is 0 Å². The zero-order valence-electron chi connectivity index (χ0n) is 14.6. The summed E-state index contributed by atoms with van der Waals surface area (Å²) in [6.07, 6.45) is 13.7. The van der Waals surface area contributed by atoms with Gasteiger partial charge in [0.05, 0.1) is 0 Å². The summed E-state index contributed by atoms with van der Waals surface area (Å²) in [5.41, 5.74) is 0. The highest BCUT2D eigenvalue weighted by Crippen LogP contribution is 2.12. The molecule has 0 unspecified atom stereocenters. The van der Waals surface area contributed by atoms with Crippen LogP contribution in [-0.4, -0.2) is 38.8 Å². The maximum Gasteiger partial charge on any atom is 0.0478 e. The number of hydrogen-bond acceptors (Lipinski definition) is 2. The number of hydrogen-bond donors (Lipinski definition) is 0. The number of rotatable bonds is 15. The van der Waals surface area contributed by atoms with Crippen molar-refractivity contribution in [3.8, 4) is 0 Å². The molecule has 20 heavy (non-hydrogen) atoms. The second-order valence-corrected chi connectivity index (χ2v) is 6.78. The van der Waals surface area contributed by atoms with E-state index in [-0.39, 0.29) is 0 Å². The van der Waals surface area contributed by atoms with Crippen molar-refractivity contribution in [1.82, 2.24) is 4.90 Å². The molecule has 0 aliphatic heterocycles. The Hall–Kier alpha value is -0.0800. The van der Waals surface area contributed by atoms with Crippen molar-refractivity contribution in [3.05, 3.63) is 0 Å². The van der Waals surface area contributed by atoms with Gasteiger partial charge in [0.2, 0.25) is 0 Å². The molecule has 0 aliphatic rings. The lowest BCUT2D eigenvalue weighted by Crippen LogP contribution is -2.14. The quantitative estimate of drug-likeness (QED) is 0.387. The molecule has 0 saturated carbocycles. The van der Waals surface area contributed by atoms with E-state index in [1.807, 2.05) is 0 Å². The van der Waals surface area contributed by atoms with Crippen LogP contribution in [0, 0.1) is 5.92 Å². The minimum Gasteiger partial charge on any atom is -0.381 e. The Bertz CT molecular complexity index is 160. The maximum absolute atomic E-state index is 5.64. The summed E-state index contributed by atoms with van der Waals surface area (Å²) in [7, 11) is 4.23. The van der Waals surface area contributed by atoms with E-state index in [0.29, 0.717) is 0 Å². The minimum atomic E-state index is 0.882. The standard InChI is InChI=1S/C18H39NO/c1-18(2)14-11-9-7-5-6-8-10-12-16-20-17-13-15-19(3)4/h18H,5-17H2,1-4H3. The van der Waals surface area contributed by atoms with Crippen molar-refractivity contribution in [1.29, 1.82) is 0 Å². The molecule has 0 fully saturated rings. The van der Waals surface area contributed by atoms with Gasteiger partial charge in [-0.3, -0.25) is 0 Å². The predicted octanol–water partition coefficient (Wildman–Crippen LogP) is 5.12. The number of nitrogens with zero attached hydrogens (tertiary/aromatic N) is 1. The van der Waals surface area contributed by atoms with E-state index < -0.39 is 0 Å². The summed E-state index contributed by atoms with van der Waals surface area (Å²) in [4.78, 5) is 2.21. The maximum atomic E-state index is 5.64. The smallest absolute Gasteiger partial charge is 0.0478 e. The third-order valence-electron chi connectivity index (χ3n) is 3.71. The Balaban J connectivity index is 2.96. The van der Waals surface area contributed by atoms with Crippen molar-refractivity contribution in [3.63, 3.8) is 0 Å². The summed E-state index contributed by atoms with van der Waals surface area (Å²) in [6, 6.07) is 0. The lowest BCUT2D eigenvalue weighted by molar-refractivity contribution is 0.122. The monoisotopic (exact) mass is 285 g/mol. The van der Waals surface area contributed by atoms with Crippen molar-refractivity contribution >= 4 is 0 Å². The van der Waals surface area contributed by atoms with Gasteiger partial charge in [0.25, 0.3) is 0 Å². The van der Waals surface area contributed by atoms with Gasteiger partial charge < -0.3 is 9.64 Å². The molecule has 0 aliphatic carbocycles. The number of unbranched alkanes of at least 4 members (excludes halogenated alkanes) is 7. The van der Waals surface area contributed by atoms with Gasteiger partial charge in [-0.1, -0.05) is 65.2 Å². The highest BCUT2D eigenvalue weighted by molar-refractivity contribution is 4.50. The van der Waals surface area contributed by atoms with Crippen LogP contribution in [0.1, 0.15) is 78.1 Å². The van der Waals surface area contributed by atoms with E-state index in [1.54, 1.807) is 0 Å². The van der Waals surface area contributed by atoms with Crippen LogP contribution >= 0.6 is 0 Å². The molecule has 0 spiro atoms. The van der Waals surface area contributed by atoms with E-state index in [0.717, 1.165) is 32.1 Å². The molecule has 2 heteroatoms. The molecule has 0 atom stereocenters. The number of ether oxygens (including phenoxy) is 1. The molecule has 0 heterocycles. The fourth-order valence-corrected chi connectivity index (χ4v) is 2.40. The van der Waals surface area contributed by atoms with Crippen LogP contribution < -0.4 is 0 Å². The Labute approximate surface area is 128 Å². The topological polar surface area (TPSA) is 12.5 Å².